The Hall–Kier alpha value is -2.36. The minimum Gasteiger partial charge on any atom is -0.491 e. The Morgan fingerprint density at radius 3 is 2.42 bits per heavy atom. The van der Waals surface area contributed by atoms with Crippen LogP contribution in [-0.2, 0) is 0 Å². The van der Waals surface area contributed by atoms with Gasteiger partial charge in [-0.2, -0.15) is 0 Å². The first-order chi connectivity index (χ1) is 9.22. The zero-order chi connectivity index (χ0) is 13.7. The van der Waals surface area contributed by atoms with E-state index in [1.165, 1.54) is 5.56 Å². The normalized spacial score (nSPS) is 10.0. The molecule has 0 aliphatic carbocycles. The molecule has 0 saturated carbocycles. The fraction of sp³-hybridized carbons (Fsp3) is 0.200. The number of hydrogen-bond donors (Lipinski definition) is 1. The van der Waals surface area contributed by atoms with Crippen LogP contribution in [0.15, 0.2) is 47.6 Å². The number of ether oxygens (including phenoxy) is 1. The molecule has 4 heteroatoms. The summed E-state index contributed by atoms with van der Waals surface area (Å²) in [6.45, 7) is 4.41. The van der Waals surface area contributed by atoms with Crippen LogP contribution in [-0.4, -0.2) is 6.61 Å². The van der Waals surface area contributed by atoms with Crippen molar-refractivity contribution >= 4 is 17.1 Å². The fourth-order valence-corrected chi connectivity index (χ4v) is 1.74. The van der Waals surface area contributed by atoms with Crippen LogP contribution in [0.2, 0.25) is 0 Å². The van der Waals surface area contributed by atoms with Crippen molar-refractivity contribution in [2.75, 3.05) is 11.9 Å². The Kier molecular flexibility index (Phi) is 4.13. The van der Waals surface area contributed by atoms with Crippen LogP contribution in [0.1, 0.15) is 12.5 Å². The summed E-state index contributed by atoms with van der Waals surface area (Å²) in [6, 6.07) is 13.3. The minimum atomic E-state index is 0.316. The molecule has 2 aromatic rings. The Morgan fingerprint density at radius 2 is 1.79 bits per heavy atom. The van der Waals surface area contributed by atoms with Crippen molar-refractivity contribution in [2.45, 2.75) is 13.8 Å². The second-order valence-corrected chi connectivity index (χ2v) is 4.20. The number of nitrogens with zero attached hydrogens (tertiary/aromatic N) is 1. The highest BCUT2D eigenvalue weighted by Crippen LogP contribution is 2.31. The Morgan fingerprint density at radius 1 is 1.11 bits per heavy atom. The molecule has 98 valence electrons. The van der Waals surface area contributed by atoms with Gasteiger partial charge in [-0.05, 0) is 43.3 Å². The number of nitroso groups, excluding NO2 is 1. The molecule has 0 radical (unpaired) electrons. The molecule has 0 unspecified atom stereocenters. The molecule has 0 saturated heterocycles. The van der Waals surface area contributed by atoms with Gasteiger partial charge in [0.05, 0.1) is 6.61 Å². The molecule has 0 amide bonds. The Labute approximate surface area is 112 Å². The monoisotopic (exact) mass is 256 g/mol. The standard InChI is InChI=1S/C15H16N2O2/c1-3-19-15-10-13(8-9-14(15)17-18)16-12-6-4-11(2)5-7-12/h4-10,16H,3H2,1-2H3. The van der Waals surface area contributed by atoms with Crippen molar-refractivity contribution in [1.29, 1.82) is 0 Å². The van der Waals surface area contributed by atoms with E-state index in [1.54, 1.807) is 18.2 Å². The molecule has 0 spiro atoms. The van der Waals surface area contributed by atoms with Gasteiger partial charge in [0.25, 0.3) is 0 Å². The van der Waals surface area contributed by atoms with Gasteiger partial charge in [0.2, 0.25) is 0 Å². The van der Waals surface area contributed by atoms with Gasteiger partial charge in [0.1, 0.15) is 5.69 Å². The number of aryl methyl sites for hydroxylation is 1. The lowest BCUT2D eigenvalue weighted by molar-refractivity contribution is 0.341. The molecule has 4 nitrogen and oxygen atoms in total. The third-order valence-corrected chi connectivity index (χ3v) is 2.70. The third kappa shape index (κ3) is 3.31. The predicted octanol–water partition coefficient (Wildman–Crippen LogP) is 4.54. The second kappa shape index (κ2) is 6.00. The first-order valence-corrected chi connectivity index (χ1v) is 6.17. The van der Waals surface area contributed by atoms with Crippen LogP contribution in [0, 0.1) is 11.8 Å². The van der Waals surface area contributed by atoms with Gasteiger partial charge in [-0.25, -0.2) is 0 Å². The lowest BCUT2D eigenvalue weighted by atomic mass is 10.2. The maximum absolute atomic E-state index is 10.7. The summed E-state index contributed by atoms with van der Waals surface area (Å²) in [5.41, 5.74) is 3.37. The molecular weight excluding hydrogens is 240 g/mol. The van der Waals surface area contributed by atoms with Gasteiger partial charge in [-0.15, -0.1) is 4.91 Å². The summed E-state index contributed by atoms with van der Waals surface area (Å²) in [6.07, 6.45) is 0. The molecule has 0 atom stereocenters. The van der Waals surface area contributed by atoms with Crippen molar-refractivity contribution in [3.63, 3.8) is 0 Å². The number of benzene rings is 2. The van der Waals surface area contributed by atoms with Gasteiger partial charge < -0.3 is 10.1 Å². The average Bonchev–Trinajstić information content (AvgIpc) is 2.42. The van der Waals surface area contributed by atoms with E-state index in [2.05, 4.69) is 10.5 Å². The molecule has 0 heterocycles. The highest BCUT2D eigenvalue weighted by molar-refractivity contribution is 5.66. The van der Waals surface area contributed by atoms with Crippen molar-refractivity contribution in [1.82, 2.24) is 0 Å². The van der Waals surface area contributed by atoms with Crippen molar-refractivity contribution < 1.29 is 4.74 Å². The van der Waals surface area contributed by atoms with Gasteiger partial charge in [0, 0.05) is 17.4 Å². The molecule has 0 fully saturated rings. The maximum Gasteiger partial charge on any atom is 0.150 e. The van der Waals surface area contributed by atoms with Crippen molar-refractivity contribution in [3.8, 4) is 5.75 Å². The summed E-state index contributed by atoms with van der Waals surface area (Å²) in [4.78, 5) is 10.7. The van der Waals surface area contributed by atoms with E-state index in [9.17, 15) is 4.91 Å². The first kappa shape index (κ1) is 13.1. The zero-order valence-electron chi connectivity index (χ0n) is 11.0. The fourth-order valence-electron chi connectivity index (χ4n) is 1.74. The van der Waals surface area contributed by atoms with Gasteiger partial charge in [0.15, 0.2) is 5.75 Å². The van der Waals surface area contributed by atoms with Crippen LogP contribution in [0.3, 0.4) is 0 Å². The molecule has 1 N–H and O–H groups in total. The van der Waals surface area contributed by atoms with Crippen LogP contribution in [0.5, 0.6) is 5.75 Å². The highest BCUT2D eigenvalue weighted by Gasteiger charge is 2.05. The van der Waals surface area contributed by atoms with Crippen LogP contribution < -0.4 is 10.1 Å². The molecular formula is C15H16N2O2. The lowest BCUT2D eigenvalue weighted by Gasteiger charge is -2.10. The van der Waals surface area contributed by atoms with E-state index >= 15 is 0 Å². The van der Waals surface area contributed by atoms with Gasteiger partial charge in [-0.3, -0.25) is 0 Å². The molecule has 2 aromatic carbocycles. The number of rotatable bonds is 5. The smallest absolute Gasteiger partial charge is 0.150 e. The number of hydrogen-bond acceptors (Lipinski definition) is 4. The van der Waals surface area contributed by atoms with Gasteiger partial charge in [-0.1, -0.05) is 17.7 Å². The van der Waals surface area contributed by atoms with Gasteiger partial charge >= 0.3 is 0 Å². The quantitative estimate of drug-likeness (QED) is 0.799. The van der Waals surface area contributed by atoms with E-state index in [-0.39, 0.29) is 0 Å². The Bertz CT molecular complexity index is 565. The molecule has 2 rings (SSSR count). The van der Waals surface area contributed by atoms with E-state index < -0.39 is 0 Å². The molecule has 0 aliphatic rings. The maximum atomic E-state index is 10.7. The van der Waals surface area contributed by atoms with E-state index in [4.69, 9.17) is 4.74 Å². The summed E-state index contributed by atoms with van der Waals surface area (Å²) >= 11 is 0. The third-order valence-electron chi connectivity index (χ3n) is 2.70. The minimum absolute atomic E-state index is 0.316. The SMILES string of the molecule is CCOc1cc(Nc2ccc(C)cc2)ccc1N=O. The zero-order valence-corrected chi connectivity index (χ0v) is 11.0. The Balaban J connectivity index is 2.22. The highest BCUT2D eigenvalue weighted by atomic mass is 16.5. The largest absolute Gasteiger partial charge is 0.491 e. The summed E-state index contributed by atoms with van der Waals surface area (Å²) in [5, 5.41) is 6.20. The predicted molar refractivity (Wildman–Crippen MR) is 77.5 cm³/mol. The topological polar surface area (TPSA) is 50.7 Å². The van der Waals surface area contributed by atoms with Crippen LogP contribution >= 0.6 is 0 Å². The lowest BCUT2D eigenvalue weighted by Crippen LogP contribution is -1.94. The number of anilines is 2. The summed E-state index contributed by atoms with van der Waals surface area (Å²) in [7, 11) is 0. The van der Waals surface area contributed by atoms with E-state index in [1.807, 2.05) is 38.1 Å². The van der Waals surface area contributed by atoms with E-state index in [0.717, 1.165) is 11.4 Å². The van der Waals surface area contributed by atoms with E-state index in [0.29, 0.717) is 18.0 Å². The number of nitrogens with one attached hydrogen (secondary N) is 1. The average molecular weight is 256 g/mol. The summed E-state index contributed by atoms with van der Waals surface area (Å²) in [5.74, 6) is 0.495. The van der Waals surface area contributed by atoms with Crippen molar-refractivity contribution in [2.24, 2.45) is 5.18 Å². The second-order valence-electron chi connectivity index (χ2n) is 4.20. The molecule has 0 bridgehead atoms. The molecule has 0 aliphatic heterocycles. The molecule has 0 aromatic heterocycles. The summed E-state index contributed by atoms with van der Waals surface area (Å²) < 4.78 is 5.39. The van der Waals surface area contributed by atoms with Crippen LogP contribution in [0.25, 0.3) is 0 Å². The molecule has 19 heavy (non-hydrogen) atoms. The first-order valence-electron chi connectivity index (χ1n) is 6.17. The van der Waals surface area contributed by atoms with Crippen LogP contribution in [0.4, 0.5) is 17.1 Å². The van der Waals surface area contributed by atoms with Crippen molar-refractivity contribution in [3.05, 3.63) is 52.9 Å².